The van der Waals surface area contributed by atoms with Crippen molar-refractivity contribution in [1.82, 2.24) is 14.3 Å². The summed E-state index contributed by atoms with van der Waals surface area (Å²) in [7, 11) is -3.26. The zero-order valence-electron chi connectivity index (χ0n) is 12.1. The molecule has 112 valence electrons. The Morgan fingerprint density at radius 3 is 2.32 bits per heavy atom. The summed E-state index contributed by atoms with van der Waals surface area (Å²) in [4.78, 5) is 0. The van der Waals surface area contributed by atoms with Gasteiger partial charge in [-0.3, -0.25) is 0 Å². The number of nitrogens with one attached hydrogen (secondary N) is 2. The van der Waals surface area contributed by atoms with Crippen LogP contribution < -0.4 is 10.0 Å². The minimum absolute atomic E-state index is 0.343. The average molecular weight is 289 g/mol. The second kappa shape index (κ2) is 6.52. The fourth-order valence-corrected chi connectivity index (χ4v) is 3.76. The van der Waals surface area contributed by atoms with Crippen molar-refractivity contribution >= 4 is 10.2 Å². The Morgan fingerprint density at radius 2 is 1.79 bits per heavy atom. The predicted octanol–water partition coefficient (Wildman–Crippen LogP) is 0.941. The van der Waals surface area contributed by atoms with Crippen LogP contribution in [0, 0.1) is 11.8 Å². The summed E-state index contributed by atoms with van der Waals surface area (Å²) >= 11 is 0. The van der Waals surface area contributed by atoms with Crippen molar-refractivity contribution in [3.8, 4) is 0 Å². The molecule has 1 aliphatic heterocycles. The van der Waals surface area contributed by atoms with Gasteiger partial charge in [0.1, 0.15) is 0 Å². The van der Waals surface area contributed by atoms with E-state index < -0.39 is 10.2 Å². The lowest BCUT2D eigenvalue weighted by molar-refractivity contribution is 0.264. The van der Waals surface area contributed by atoms with E-state index >= 15 is 0 Å². The molecule has 1 aliphatic carbocycles. The van der Waals surface area contributed by atoms with Crippen molar-refractivity contribution in [2.75, 3.05) is 26.2 Å². The molecule has 0 amide bonds. The maximum absolute atomic E-state index is 12.1. The molecule has 0 radical (unpaired) electrons. The fraction of sp³-hybridized carbons (Fsp3) is 1.00. The zero-order chi connectivity index (χ0) is 13.9. The SMILES string of the molecule is CC(C)CNS(=O)(=O)N1CCC(CNC2CC2)CC1. The standard InChI is InChI=1S/C13H27N3O2S/c1-11(2)9-15-19(17,18)16-7-5-12(6-8-16)10-14-13-3-4-13/h11-15H,3-10H2,1-2H3. The second-order valence-electron chi connectivity index (χ2n) is 6.27. The number of nitrogens with zero attached hydrogens (tertiary/aromatic N) is 1. The third-order valence-corrected chi connectivity index (χ3v) is 5.44. The van der Waals surface area contributed by atoms with E-state index in [1.165, 1.54) is 12.8 Å². The van der Waals surface area contributed by atoms with E-state index in [-0.39, 0.29) is 0 Å². The summed E-state index contributed by atoms with van der Waals surface area (Å²) in [5.41, 5.74) is 0. The minimum Gasteiger partial charge on any atom is -0.314 e. The zero-order valence-corrected chi connectivity index (χ0v) is 12.9. The maximum Gasteiger partial charge on any atom is 0.279 e. The Labute approximate surface area is 117 Å². The molecule has 5 nitrogen and oxygen atoms in total. The van der Waals surface area contributed by atoms with Gasteiger partial charge in [0.05, 0.1) is 0 Å². The number of hydrogen-bond acceptors (Lipinski definition) is 3. The Hall–Kier alpha value is -0.170. The van der Waals surface area contributed by atoms with E-state index in [0.29, 0.717) is 31.5 Å². The largest absolute Gasteiger partial charge is 0.314 e. The van der Waals surface area contributed by atoms with Crippen molar-refractivity contribution in [3.05, 3.63) is 0 Å². The van der Waals surface area contributed by atoms with E-state index in [1.54, 1.807) is 4.31 Å². The highest BCUT2D eigenvalue weighted by Crippen LogP contribution is 2.22. The van der Waals surface area contributed by atoms with Crippen molar-refractivity contribution in [2.24, 2.45) is 11.8 Å². The molecule has 0 aromatic carbocycles. The van der Waals surface area contributed by atoms with E-state index in [4.69, 9.17) is 0 Å². The van der Waals surface area contributed by atoms with Crippen LogP contribution in [0.5, 0.6) is 0 Å². The first kappa shape index (κ1) is 15.2. The van der Waals surface area contributed by atoms with E-state index in [1.807, 2.05) is 13.8 Å². The lowest BCUT2D eigenvalue weighted by Gasteiger charge is -2.31. The lowest BCUT2D eigenvalue weighted by Crippen LogP contribution is -2.46. The first-order valence-corrected chi connectivity index (χ1v) is 8.89. The highest BCUT2D eigenvalue weighted by atomic mass is 32.2. The smallest absolute Gasteiger partial charge is 0.279 e. The van der Waals surface area contributed by atoms with Crippen molar-refractivity contribution < 1.29 is 8.42 Å². The van der Waals surface area contributed by atoms with Gasteiger partial charge >= 0.3 is 0 Å². The van der Waals surface area contributed by atoms with E-state index in [2.05, 4.69) is 10.0 Å². The van der Waals surface area contributed by atoms with E-state index in [0.717, 1.165) is 25.4 Å². The highest BCUT2D eigenvalue weighted by Gasteiger charge is 2.29. The topological polar surface area (TPSA) is 61.4 Å². The first-order chi connectivity index (χ1) is 8.97. The molecular formula is C13H27N3O2S. The van der Waals surface area contributed by atoms with Crippen LogP contribution in [0.15, 0.2) is 0 Å². The molecule has 0 aromatic rings. The van der Waals surface area contributed by atoms with Crippen molar-refractivity contribution in [2.45, 2.75) is 45.6 Å². The molecule has 2 N–H and O–H groups in total. The van der Waals surface area contributed by atoms with Gasteiger partial charge in [0.15, 0.2) is 0 Å². The summed E-state index contributed by atoms with van der Waals surface area (Å²) in [5, 5.41) is 3.54. The lowest BCUT2D eigenvalue weighted by atomic mass is 9.98. The molecule has 0 bridgehead atoms. The number of piperidine rings is 1. The van der Waals surface area contributed by atoms with Gasteiger partial charge in [0.2, 0.25) is 0 Å². The summed E-state index contributed by atoms with van der Waals surface area (Å²) in [6, 6.07) is 0.745. The number of rotatable bonds is 7. The van der Waals surface area contributed by atoms with Gasteiger partial charge in [-0.05, 0) is 44.1 Å². The monoisotopic (exact) mass is 289 g/mol. The van der Waals surface area contributed by atoms with Crippen LogP contribution in [-0.4, -0.2) is 44.9 Å². The Bertz CT molecular complexity index is 371. The molecule has 2 fully saturated rings. The van der Waals surface area contributed by atoms with Crippen LogP contribution in [0.3, 0.4) is 0 Å². The van der Waals surface area contributed by atoms with Crippen LogP contribution >= 0.6 is 0 Å². The van der Waals surface area contributed by atoms with Crippen LogP contribution in [0.2, 0.25) is 0 Å². The summed E-state index contributed by atoms with van der Waals surface area (Å²) < 4.78 is 28.4. The van der Waals surface area contributed by atoms with Gasteiger partial charge in [0, 0.05) is 25.7 Å². The molecule has 0 unspecified atom stereocenters. The van der Waals surface area contributed by atoms with Gasteiger partial charge in [-0.25, -0.2) is 4.72 Å². The quantitative estimate of drug-likeness (QED) is 0.733. The minimum atomic E-state index is -3.26. The Kier molecular flexibility index (Phi) is 5.22. The molecule has 0 aromatic heterocycles. The predicted molar refractivity (Wildman–Crippen MR) is 77.1 cm³/mol. The summed E-state index contributed by atoms with van der Waals surface area (Å²) in [5.74, 6) is 0.979. The highest BCUT2D eigenvalue weighted by molar-refractivity contribution is 7.87. The molecule has 1 saturated heterocycles. The molecule has 19 heavy (non-hydrogen) atoms. The maximum atomic E-state index is 12.1. The summed E-state index contributed by atoms with van der Waals surface area (Å²) in [6.07, 6.45) is 4.57. The normalized spacial score (nSPS) is 23.1. The van der Waals surface area contributed by atoms with Crippen LogP contribution in [0.4, 0.5) is 0 Å². The second-order valence-corrected chi connectivity index (χ2v) is 8.03. The van der Waals surface area contributed by atoms with Crippen LogP contribution in [-0.2, 0) is 10.2 Å². The van der Waals surface area contributed by atoms with Crippen LogP contribution in [0.1, 0.15) is 39.5 Å². The van der Waals surface area contributed by atoms with Gasteiger partial charge < -0.3 is 5.32 Å². The molecule has 6 heteroatoms. The first-order valence-electron chi connectivity index (χ1n) is 7.45. The Balaban J connectivity index is 1.71. The average Bonchev–Trinajstić information content (AvgIpc) is 3.19. The van der Waals surface area contributed by atoms with Gasteiger partial charge in [-0.2, -0.15) is 12.7 Å². The third-order valence-electron chi connectivity index (χ3n) is 3.86. The van der Waals surface area contributed by atoms with Crippen molar-refractivity contribution in [3.63, 3.8) is 0 Å². The van der Waals surface area contributed by atoms with Gasteiger partial charge in [0.25, 0.3) is 10.2 Å². The molecule has 0 atom stereocenters. The molecule has 1 saturated carbocycles. The molecular weight excluding hydrogens is 262 g/mol. The van der Waals surface area contributed by atoms with E-state index in [9.17, 15) is 8.42 Å². The molecule has 1 heterocycles. The molecule has 2 aliphatic rings. The number of hydrogen-bond donors (Lipinski definition) is 2. The summed E-state index contributed by atoms with van der Waals surface area (Å²) in [6.45, 7) is 6.91. The molecule has 0 spiro atoms. The van der Waals surface area contributed by atoms with Gasteiger partial charge in [-0.1, -0.05) is 13.8 Å². The molecule has 2 rings (SSSR count). The fourth-order valence-electron chi connectivity index (χ4n) is 2.34. The third kappa shape index (κ3) is 5.02. The van der Waals surface area contributed by atoms with Gasteiger partial charge in [-0.15, -0.1) is 0 Å². The van der Waals surface area contributed by atoms with Crippen molar-refractivity contribution in [1.29, 1.82) is 0 Å². The Morgan fingerprint density at radius 1 is 1.16 bits per heavy atom. The van der Waals surface area contributed by atoms with Crippen LogP contribution in [0.25, 0.3) is 0 Å².